The number of nitrogens with one attached hydrogen (secondary N) is 1. The van der Waals surface area contributed by atoms with Crippen molar-refractivity contribution in [2.75, 3.05) is 18.0 Å². The van der Waals surface area contributed by atoms with Gasteiger partial charge in [0.25, 0.3) is 6.01 Å². The molecule has 0 amide bonds. The van der Waals surface area contributed by atoms with Gasteiger partial charge in [-0.2, -0.15) is 4.98 Å². The van der Waals surface area contributed by atoms with Gasteiger partial charge in [-0.1, -0.05) is 26.0 Å². The summed E-state index contributed by atoms with van der Waals surface area (Å²) in [5.41, 5.74) is 7.07. The van der Waals surface area contributed by atoms with Crippen LogP contribution in [0.1, 0.15) is 20.3 Å². The van der Waals surface area contributed by atoms with Crippen molar-refractivity contribution in [3.8, 4) is 0 Å². The second kappa shape index (κ2) is 5.73. The van der Waals surface area contributed by atoms with Crippen LogP contribution in [0.5, 0.6) is 0 Å². The first kappa shape index (κ1) is 13.4. The molecule has 0 unspecified atom stereocenters. The highest BCUT2D eigenvalue weighted by molar-refractivity contribution is 5.77. The van der Waals surface area contributed by atoms with E-state index in [1.165, 1.54) is 0 Å². The van der Waals surface area contributed by atoms with Crippen molar-refractivity contribution in [2.45, 2.75) is 20.3 Å². The van der Waals surface area contributed by atoms with E-state index >= 15 is 0 Å². The first-order chi connectivity index (χ1) is 9.06. The summed E-state index contributed by atoms with van der Waals surface area (Å²) in [7, 11) is 0. The number of rotatable bonds is 6. The van der Waals surface area contributed by atoms with Gasteiger partial charge < -0.3 is 15.1 Å². The summed E-state index contributed by atoms with van der Waals surface area (Å²) < 4.78 is 5.77. The monoisotopic (exact) mass is 260 g/mol. The minimum Gasteiger partial charge on any atom is -0.423 e. The Labute approximate surface area is 112 Å². The van der Waals surface area contributed by atoms with Crippen LogP contribution >= 0.6 is 0 Å². The maximum absolute atomic E-state index is 7.34. The van der Waals surface area contributed by atoms with Crippen molar-refractivity contribution in [1.29, 1.82) is 5.41 Å². The molecule has 3 N–H and O–H groups in total. The standard InChI is InChI=1S/C14H20N4O/c1-10(2)9-18(8-7-13(15)16)14-17-11-5-3-4-6-12(11)19-14/h3-6,10H,7-9H2,1-2H3,(H3,15,16). The van der Waals surface area contributed by atoms with E-state index in [1.54, 1.807) is 0 Å². The molecule has 0 spiro atoms. The zero-order valence-corrected chi connectivity index (χ0v) is 11.4. The SMILES string of the molecule is CC(C)CN(CCC(=N)N)c1nc2ccccc2o1. The Kier molecular flexibility index (Phi) is 4.04. The fraction of sp³-hybridized carbons (Fsp3) is 0.429. The van der Waals surface area contributed by atoms with E-state index in [2.05, 4.69) is 18.8 Å². The molecular formula is C14H20N4O. The smallest absolute Gasteiger partial charge is 0.298 e. The molecule has 5 heteroatoms. The van der Waals surface area contributed by atoms with E-state index in [9.17, 15) is 0 Å². The van der Waals surface area contributed by atoms with Crippen molar-refractivity contribution in [1.82, 2.24) is 4.98 Å². The molecule has 5 nitrogen and oxygen atoms in total. The third-order valence-electron chi connectivity index (χ3n) is 2.79. The highest BCUT2D eigenvalue weighted by atomic mass is 16.4. The lowest BCUT2D eigenvalue weighted by molar-refractivity contribution is 0.530. The molecule has 0 radical (unpaired) electrons. The molecule has 0 saturated carbocycles. The first-order valence-corrected chi connectivity index (χ1v) is 6.49. The molecule has 1 heterocycles. The Balaban J connectivity index is 2.22. The zero-order valence-electron chi connectivity index (χ0n) is 11.4. The maximum Gasteiger partial charge on any atom is 0.298 e. The number of anilines is 1. The average Bonchev–Trinajstić information content (AvgIpc) is 2.77. The van der Waals surface area contributed by atoms with Gasteiger partial charge in [0.1, 0.15) is 5.52 Å². The van der Waals surface area contributed by atoms with Crippen molar-refractivity contribution >= 4 is 22.9 Å². The number of para-hydroxylation sites is 2. The average molecular weight is 260 g/mol. The predicted molar refractivity (Wildman–Crippen MR) is 77.6 cm³/mol. The van der Waals surface area contributed by atoms with Crippen LogP contribution in [0.25, 0.3) is 11.1 Å². The number of aromatic nitrogens is 1. The molecule has 2 rings (SSSR count). The predicted octanol–water partition coefficient (Wildman–Crippen LogP) is 2.62. The van der Waals surface area contributed by atoms with E-state index in [4.69, 9.17) is 15.6 Å². The van der Waals surface area contributed by atoms with Gasteiger partial charge in [-0.15, -0.1) is 0 Å². The van der Waals surface area contributed by atoms with Crippen LogP contribution in [0.4, 0.5) is 6.01 Å². The topological polar surface area (TPSA) is 79.1 Å². The molecule has 0 aliphatic heterocycles. The van der Waals surface area contributed by atoms with Crippen LogP contribution in [0, 0.1) is 11.3 Å². The highest BCUT2D eigenvalue weighted by Gasteiger charge is 2.15. The van der Waals surface area contributed by atoms with Gasteiger partial charge in [-0.05, 0) is 18.1 Å². The van der Waals surface area contributed by atoms with Gasteiger partial charge in [-0.3, -0.25) is 5.41 Å². The third kappa shape index (κ3) is 3.47. The van der Waals surface area contributed by atoms with E-state index in [-0.39, 0.29) is 5.84 Å². The molecular weight excluding hydrogens is 240 g/mol. The van der Waals surface area contributed by atoms with E-state index in [1.807, 2.05) is 29.2 Å². The van der Waals surface area contributed by atoms with Gasteiger partial charge in [0.2, 0.25) is 0 Å². The molecule has 0 atom stereocenters. The molecule has 1 aromatic carbocycles. The molecule has 0 fully saturated rings. The molecule has 2 aromatic rings. The van der Waals surface area contributed by atoms with E-state index in [0.717, 1.165) is 17.6 Å². The Bertz CT molecular complexity index is 528. The Morgan fingerprint density at radius 3 is 2.79 bits per heavy atom. The second-order valence-corrected chi connectivity index (χ2v) is 5.08. The molecule has 0 bridgehead atoms. The molecule has 1 aromatic heterocycles. The van der Waals surface area contributed by atoms with Crippen molar-refractivity contribution in [3.05, 3.63) is 24.3 Å². The number of oxazole rings is 1. The van der Waals surface area contributed by atoms with Crippen LogP contribution in [-0.4, -0.2) is 23.9 Å². The van der Waals surface area contributed by atoms with Gasteiger partial charge >= 0.3 is 0 Å². The van der Waals surface area contributed by atoms with Crippen LogP contribution in [0.2, 0.25) is 0 Å². The van der Waals surface area contributed by atoms with E-state index in [0.29, 0.717) is 24.9 Å². The summed E-state index contributed by atoms with van der Waals surface area (Å²) >= 11 is 0. The number of nitrogens with zero attached hydrogens (tertiary/aromatic N) is 2. The highest BCUT2D eigenvalue weighted by Crippen LogP contribution is 2.22. The van der Waals surface area contributed by atoms with Gasteiger partial charge in [0.15, 0.2) is 5.58 Å². The zero-order chi connectivity index (χ0) is 13.8. The maximum atomic E-state index is 7.34. The van der Waals surface area contributed by atoms with Crippen molar-refractivity contribution < 1.29 is 4.42 Å². The van der Waals surface area contributed by atoms with Crippen LogP contribution in [0.15, 0.2) is 28.7 Å². The third-order valence-corrected chi connectivity index (χ3v) is 2.79. The first-order valence-electron chi connectivity index (χ1n) is 6.49. The normalized spacial score (nSPS) is 11.1. The molecule has 0 aliphatic carbocycles. The Morgan fingerprint density at radius 2 is 2.16 bits per heavy atom. The van der Waals surface area contributed by atoms with Gasteiger partial charge in [0, 0.05) is 19.5 Å². The molecule has 102 valence electrons. The van der Waals surface area contributed by atoms with Gasteiger partial charge in [-0.25, -0.2) is 0 Å². The summed E-state index contributed by atoms with van der Waals surface area (Å²) in [5, 5.41) is 7.34. The number of fused-ring (bicyclic) bond motifs is 1. The number of amidine groups is 1. The van der Waals surface area contributed by atoms with Crippen LogP contribution < -0.4 is 10.6 Å². The fourth-order valence-corrected chi connectivity index (χ4v) is 1.96. The van der Waals surface area contributed by atoms with Crippen LogP contribution in [0.3, 0.4) is 0 Å². The minimum atomic E-state index is 0.185. The lowest BCUT2D eigenvalue weighted by atomic mass is 10.2. The molecule has 0 saturated heterocycles. The fourth-order valence-electron chi connectivity index (χ4n) is 1.96. The summed E-state index contributed by atoms with van der Waals surface area (Å²) in [5.74, 6) is 0.673. The summed E-state index contributed by atoms with van der Waals surface area (Å²) in [6.07, 6.45) is 0.519. The van der Waals surface area contributed by atoms with Crippen molar-refractivity contribution in [3.63, 3.8) is 0 Å². The summed E-state index contributed by atoms with van der Waals surface area (Å²) in [6, 6.07) is 8.32. The Hall–Kier alpha value is -2.04. The lowest BCUT2D eigenvalue weighted by Crippen LogP contribution is -2.31. The van der Waals surface area contributed by atoms with E-state index < -0.39 is 0 Å². The Morgan fingerprint density at radius 1 is 1.42 bits per heavy atom. The van der Waals surface area contributed by atoms with Gasteiger partial charge in [0.05, 0.1) is 5.84 Å². The summed E-state index contributed by atoms with van der Waals surface area (Å²) in [6.45, 7) is 5.77. The summed E-state index contributed by atoms with van der Waals surface area (Å²) in [4.78, 5) is 6.54. The molecule has 0 aliphatic rings. The number of hydrogen-bond acceptors (Lipinski definition) is 4. The van der Waals surface area contributed by atoms with Crippen LogP contribution in [-0.2, 0) is 0 Å². The minimum absolute atomic E-state index is 0.185. The molecule has 19 heavy (non-hydrogen) atoms. The van der Waals surface area contributed by atoms with Crippen molar-refractivity contribution in [2.24, 2.45) is 11.7 Å². The number of nitrogens with two attached hydrogens (primary N) is 1. The lowest BCUT2D eigenvalue weighted by Gasteiger charge is -2.22. The number of hydrogen-bond donors (Lipinski definition) is 2. The number of benzene rings is 1. The quantitative estimate of drug-likeness (QED) is 0.618. The largest absolute Gasteiger partial charge is 0.423 e. The second-order valence-electron chi connectivity index (χ2n) is 5.08.